The van der Waals surface area contributed by atoms with Gasteiger partial charge in [0.05, 0.1) is 0 Å². The van der Waals surface area contributed by atoms with Gasteiger partial charge in [-0.05, 0) is 153 Å². The number of thiophene rings is 1. The summed E-state index contributed by atoms with van der Waals surface area (Å²) in [6.45, 7) is 0. The highest BCUT2D eigenvalue weighted by Gasteiger charge is 2.21. The maximum Gasteiger partial charge on any atom is 0.0467 e. The number of nitrogens with zero attached hydrogens (tertiary/aromatic N) is 1. The van der Waals surface area contributed by atoms with E-state index in [9.17, 15) is 0 Å². The Hall–Kier alpha value is -9.08. The predicted molar refractivity (Wildman–Crippen MR) is 311 cm³/mol. The second-order valence-corrected chi connectivity index (χ2v) is 19.8. The Bertz CT molecular complexity index is 4380. The fraction of sp³-hybridized carbons (Fsp3) is 0. The third kappa shape index (κ3) is 7.07. The zero-order valence-corrected chi connectivity index (χ0v) is 40.2. The summed E-state index contributed by atoms with van der Waals surface area (Å²) in [7, 11) is 0. The molecule has 0 radical (unpaired) electrons. The molecule has 0 spiro atoms. The van der Waals surface area contributed by atoms with Gasteiger partial charge in [-0.15, -0.1) is 11.3 Å². The molecule has 0 saturated carbocycles. The van der Waals surface area contributed by atoms with E-state index in [-0.39, 0.29) is 0 Å². The molecule has 14 rings (SSSR count). The van der Waals surface area contributed by atoms with Crippen molar-refractivity contribution in [1.29, 1.82) is 0 Å². The molecule has 336 valence electrons. The molecule has 0 unspecified atom stereocenters. The summed E-state index contributed by atoms with van der Waals surface area (Å²) in [4.78, 5) is 2.43. The Morgan fingerprint density at radius 1 is 0.236 bits per heavy atom. The number of fused-ring (bicyclic) bond motifs is 9. The molecule has 0 bridgehead atoms. The normalized spacial score (nSPS) is 11.6. The summed E-state index contributed by atoms with van der Waals surface area (Å²) < 4.78 is 2.62. The summed E-state index contributed by atoms with van der Waals surface area (Å²) in [6, 6.07) is 101. The maximum atomic E-state index is 2.43. The third-order valence-electron chi connectivity index (χ3n) is 14.6. The lowest BCUT2D eigenvalue weighted by atomic mass is 9.84. The van der Waals surface area contributed by atoms with Gasteiger partial charge in [-0.25, -0.2) is 0 Å². The standard InChI is InChI=1S/C70H45NS/c1-3-18-47(19-4-1)68-63-32-12-11-29-59(63)61-41-38-50(44-66(61)69(68)48-20-5-2-6-21-48)49-23-15-25-54(42-49)71(55-26-16-24-51(43-55)57-33-17-34-64-62-31-13-14-35-67(62)72-70(57)64)53-39-36-46(37-40-53)65-45-52-22-7-8-27-56(52)58-28-9-10-30-60(58)65/h1-45H. The molecular weight excluding hydrogens is 887 g/mol. The molecule has 2 heteroatoms. The van der Waals surface area contributed by atoms with E-state index in [1.165, 1.54) is 113 Å². The van der Waals surface area contributed by atoms with Crippen LogP contribution in [0.25, 0.3) is 119 Å². The molecule has 0 aliphatic heterocycles. The van der Waals surface area contributed by atoms with Crippen LogP contribution in [0.5, 0.6) is 0 Å². The summed E-state index contributed by atoms with van der Waals surface area (Å²) in [5.41, 5.74) is 15.4. The first-order chi connectivity index (χ1) is 35.7. The van der Waals surface area contributed by atoms with Crippen LogP contribution in [0.15, 0.2) is 273 Å². The van der Waals surface area contributed by atoms with Gasteiger partial charge in [-0.3, -0.25) is 0 Å². The molecule has 14 aromatic rings. The van der Waals surface area contributed by atoms with E-state index >= 15 is 0 Å². The fourth-order valence-corrected chi connectivity index (χ4v) is 12.6. The average Bonchev–Trinajstić information content (AvgIpc) is 3.84. The van der Waals surface area contributed by atoms with Crippen molar-refractivity contribution < 1.29 is 0 Å². The fourth-order valence-electron chi connectivity index (χ4n) is 11.3. The highest BCUT2D eigenvalue weighted by Crippen LogP contribution is 2.47. The lowest BCUT2D eigenvalue weighted by Gasteiger charge is -2.27. The predicted octanol–water partition coefficient (Wildman–Crippen LogP) is 20.5. The Morgan fingerprint density at radius 3 is 1.47 bits per heavy atom. The van der Waals surface area contributed by atoms with Gasteiger partial charge in [0.1, 0.15) is 0 Å². The highest BCUT2D eigenvalue weighted by atomic mass is 32.1. The van der Waals surface area contributed by atoms with Crippen molar-refractivity contribution in [3.8, 4) is 55.6 Å². The van der Waals surface area contributed by atoms with E-state index in [2.05, 4.69) is 278 Å². The van der Waals surface area contributed by atoms with E-state index in [1.54, 1.807) is 0 Å². The van der Waals surface area contributed by atoms with Crippen molar-refractivity contribution in [1.82, 2.24) is 0 Å². The van der Waals surface area contributed by atoms with E-state index in [0.29, 0.717) is 0 Å². The van der Waals surface area contributed by atoms with Crippen LogP contribution in [0, 0.1) is 0 Å². The highest BCUT2D eigenvalue weighted by molar-refractivity contribution is 7.26. The summed E-state index contributed by atoms with van der Waals surface area (Å²) in [5.74, 6) is 0. The molecular formula is C70H45NS. The van der Waals surface area contributed by atoms with Crippen LogP contribution >= 0.6 is 11.3 Å². The van der Waals surface area contributed by atoms with Crippen molar-refractivity contribution in [2.75, 3.05) is 4.90 Å². The summed E-state index contributed by atoms with van der Waals surface area (Å²) >= 11 is 1.88. The van der Waals surface area contributed by atoms with Crippen LogP contribution in [0.3, 0.4) is 0 Å². The van der Waals surface area contributed by atoms with E-state index in [4.69, 9.17) is 0 Å². The molecule has 0 saturated heterocycles. The molecule has 0 amide bonds. The molecule has 0 atom stereocenters. The van der Waals surface area contributed by atoms with Crippen molar-refractivity contribution in [3.63, 3.8) is 0 Å². The number of hydrogen-bond donors (Lipinski definition) is 0. The summed E-state index contributed by atoms with van der Waals surface area (Å²) in [5, 5.41) is 12.6. The first-order valence-electron chi connectivity index (χ1n) is 24.7. The minimum absolute atomic E-state index is 1.08. The van der Waals surface area contributed by atoms with Gasteiger partial charge in [0, 0.05) is 37.2 Å². The van der Waals surface area contributed by atoms with E-state index in [1.807, 2.05) is 11.3 Å². The largest absolute Gasteiger partial charge is 0.310 e. The molecule has 13 aromatic carbocycles. The van der Waals surface area contributed by atoms with Gasteiger partial charge in [0.2, 0.25) is 0 Å². The molecule has 1 nitrogen and oxygen atoms in total. The van der Waals surface area contributed by atoms with Crippen LogP contribution < -0.4 is 4.90 Å². The van der Waals surface area contributed by atoms with Gasteiger partial charge in [-0.1, -0.05) is 218 Å². The molecule has 0 N–H and O–H groups in total. The topological polar surface area (TPSA) is 3.24 Å². The number of hydrogen-bond acceptors (Lipinski definition) is 2. The third-order valence-corrected chi connectivity index (χ3v) is 15.8. The van der Waals surface area contributed by atoms with Crippen molar-refractivity contribution >= 4 is 91.7 Å². The average molecular weight is 932 g/mol. The van der Waals surface area contributed by atoms with Crippen LogP contribution in [0.4, 0.5) is 17.1 Å². The van der Waals surface area contributed by atoms with E-state index in [0.717, 1.165) is 22.6 Å². The Labute approximate surface area is 422 Å². The van der Waals surface area contributed by atoms with Crippen molar-refractivity contribution in [2.45, 2.75) is 0 Å². The van der Waals surface area contributed by atoms with Crippen molar-refractivity contribution in [3.05, 3.63) is 273 Å². The van der Waals surface area contributed by atoms with E-state index < -0.39 is 0 Å². The second-order valence-electron chi connectivity index (χ2n) is 18.7. The molecule has 0 aliphatic rings. The van der Waals surface area contributed by atoms with Gasteiger partial charge in [0.15, 0.2) is 0 Å². The number of anilines is 3. The number of benzene rings is 13. The lowest BCUT2D eigenvalue weighted by Crippen LogP contribution is -2.10. The molecule has 0 aliphatic carbocycles. The smallest absolute Gasteiger partial charge is 0.0467 e. The first kappa shape index (κ1) is 41.9. The zero-order chi connectivity index (χ0) is 47.5. The minimum atomic E-state index is 1.08. The molecule has 72 heavy (non-hydrogen) atoms. The zero-order valence-electron chi connectivity index (χ0n) is 39.3. The van der Waals surface area contributed by atoms with Crippen LogP contribution in [-0.2, 0) is 0 Å². The van der Waals surface area contributed by atoms with Crippen LogP contribution in [0.2, 0.25) is 0 Å². The molecule has 1 heterocycles. The minimum Gasteiger partial charge on any atom is -0.310 e. The van der Waals surface area contributed by atoms with Crippen LogP contribution in [0.1, 0.15) is 0 Å². The SMILES string of the molecule is c1ccc(-c2c(-c3ccccc3)c3cc(-c4cccc(N(c5ccc(-c6cc7ccccc7c7ccccc67)cc5)c5cccc(-c6cccc7c6sc6ccccc67)c5)c4)ccc3c3ccccc23)cc1. The first-order valence-corrected chi connectivity index (χ1v) is 25.5. The van der Waals surface area contributed by atoms with Crippen molar-refractivity contribution in [2.24, 2.45) is 0 Å². The Balaban J connectivity index is 0.948. The molecule has 0 fully saturated rings. The monoisotopic (exact) mass is 931 g/mol. The van der Waals surface area contributed by atoms with Gasteiger partial charge in [-0.2, -0.15) is 0 Å². The Kier molecular flexibility index (Phi) is 10.1. The van der Waals surface area contributed by atoms with Gasteiger partial charge < -0.3 is 4.90 Å². The Morgan fingerprint density at radius 2 is 0.736 bits per heavy atom. The number of rotatable bonds is 8. The van der Waals surface area contributed by atoms with Crippen LogP contribution in [-0.4, -0.2) is 0 Å². The van der Waals surface area contributed by atoms with Gasteiger partial charge >= 0.3 is 0 Å². The second kappa shape index (κ2) is 17.4. The molecule has 1 aromatic heterocycles. The lowest BCUT2D eigenvalue weighted by molar-refractivity contribution is 1.28. The quantitative estimate of drug-likeness (QED) is 0.137. The summed E-state index contributed by atoms with van der Waals surface area (Å²) in [6.07, 6.45) is 0. The maximum absolute atomic E-state index is 2.43. The van der Waals surface area contributed by atoms with Gasteiger partial charge in [0.25, 0.3) is 0 Å².